The molecule has 0 amide bonds. The summed E-state index contributed by atoms with van der Waals surface area (Å²) in [5.41, 5.74) is 0. The molecule has 0 bridgehead atoms. The molecule has 0 heterocycles. The zero-order valence-corrected chi connectivity index (χ0v) is 11.2. The van der Waals surface area contributed by atoms with Gasteiger partial charge in [-0.2, -0.15) is 0 Å². The maximum Gasteiger partial charge on any atom is 0.191 e. The number of unbranched alkanes of at least 4 members (excludes halogenated alkanes) is 1. The first-order chi connectivity index (χ1) is 7.61. The van der Waals surface area contributed by atoms with Crippen LogP contribution in [0.2, 0.25) is 0 Å². The van der Waals surface area contributed by atoms with E-state index < -0.39 is 6.29 Å². The Morgan fingerprint density at radius 3 is 2.31 bits per heavy atom. The second-order valence-corrected chi connectivity index (χ2v) is 4.80. The minimum Gasteiger partial charge on any atom is -0.365 e. The van der Waals surface area contributed by atoms with Crippen LogP contribution in [-0.4, -0.2) is 18.0 Å². The summed E-state index contributed by atoms with van der Waals surface area (Å²) in [5.74, 6) is 0.793. The zero-order valence-electron chi connectivity index (χ0n) is 11.2. The molecular formula is C13H28O3. The summed E-state index contributed by atoms with van der Waals surface area (Å²) in [7, 11) is 0. The van der Waals surface area contributed by atoms with Gasteiger partial charge in [0.05, 0.1) is 6.61 Å². The molecule has 0 spiro atoms. The van der Waals surface area contributed by atoms with Gasteiger partial charge in [-0.1, -0.05) is 40.5 Å². The number of hydrogen-bond donors (Lipinski definition) is 1. The van der Waals surface area contributed by atoms with Crippen molar-refractivity contribution >= 4 is 0 Å². The van der Waals surface area contributed by atoms with Crippen LogP contribution in [0.15, 0.2) is 0 Å². The lowest BCUT2D eigenvalue weighted by Gasteiger charge is -2.20. The van der Waals surface area contributed by atoms with Gasteiger partial charge in [0, 0.05) is 5.92 Å². The van der Waals surface area contributed by atoms with Crippen molar-refractivity contribution in [3.8, 4) is 0 Å². The van der Waals surface area contributed by atoms with Crippen molar-refractivity contribution in [2.75, 3.05) is 6.61 Å². The van der Waals surface area contributed by atoms with Gasteiger partial charge in [-0.3, -0.25) is 0 Å². The van der Waals surface area contributed by atoms with E-state index in [1.54, 1.807) is 0 Å². The van der Waals surface area contributed by atoms with Crippen LogP contribution in [-0.2, 0) is 9.78 Å². The molecule has 0 saturated heterocycles. The summed E-state index contributed by atoms with van der Waals surface area (Å²) in [5, 5.41) is 9.75. The second-order valence-electron chi connectivity index (χ2n) is 4.80. The molecule has 0 aromatic rings. The third-order valence-electron chi connectivity index (χ3n) is 2.80. The number of hydrogen-bond acceptors (Lipinski definition) is 3. The summed E-state index contributed by atoms with van der Waals surface area (Å²) >= 11 is 0. The minimum atomic E-state index is -0.774. The van der Waals surface area contributed by atoms with E-state index in [0.29, 0.717) is 12.5 Å². The molecule has 0 aliphatic carbocycles. The van der Waals surface area contributed by atoms with Gasteiger partial charge in [0.25, 0.3) is 0 Å². The quantitative estimate of drug-likeness (QED) is 0.271. The Kier molecular flexibility index (Phi) is 9.99. The molecular weight excluding hydrogens is 204 g/mol. The predicted octanol–water partition coefficient (Wildman–Crippen LogP) is 3.52. The number of aliphatic hydroxyl groups excluding tert-OH is 1. The Balaban J connectivity index is 3.62. The molecule has 1 N–H and O–H groups in total. The molecule has 0 aliphatic heterocycles. The highest BCUT2D eigenvalue weighted by atomic mass is 17.2. The van der Waals surface area contributed by atoms with Crippen LogP contribution in [0, 0.1) is 11.8 Å². The lowest BCUT2D eigenvalue weighted by atomic mass is 9.99. The summed E-state index contributed by atoms with van der Waals surface area (Å²) in [6.45, 7) is 9.05. The molecule has 0 radical (unpaired) electrons. The summed E-state index contributed by atoms with van der Waals surface area (Å²) in [4.78, 5) is 10.0. The Hall–Kier alpha value is -0.120. The smallest absolute Gasteiger partial charge is 0.191 e. The van der Waals surface area contributed by atoms with Gasteiger partial charge in [-0.25, -0.2) is 9.78 Å². The molecule has 0 rings (SSSR count). The van der Waals surface area contributed by atoms with Gasteiger partial charge < -0.3 is 5.11 Å². The van der Waals surface area contributed by atoms with Crippen molar-refractivity contribution < 1.29 is 14.9 Å². The highest BCUT2D eigenvalue weighted by Gasteiger charge is 2.18. The summed E-state index contributed by atoms with van der Waals surface area (Å²) < 4.78 is 0. The van der Waals surface area contributed by atoms with Crippen LogP contribution in [0.1, 0.15) is 59.8 Å². The molecule has 0 aliphatic rings. The van der Waals surface area contributed by atoms with Crippen LogP contribution in [0.4, 0.5) is 0 Å². The predicted molar refractivity (Wildman–Crippen MR) is 65.8 cm³/mol. The zero-order chi connectivity index (χ0) is 12.4. The van der Waals surface area contributed by atoms with Crippen molar-refractivity contribution in [2.24, 2.45) is 11.8 Å². The highest BCUT2D eigenvalue weighted by molar-refractivity contribution is 4.58. The molecule has 2 atom stereocenters. The van der Waals surface area contributed by atoms with E-state index in [1.165, 1.54) is 0 Å². The van der Waals surface area contributed by atoms with Crippen LogP contribution < -0.4 is 0 Å². The van der Waals surface area contributed by atoms with Gasteiger partial charge in [0.2, 0.25) is 0 Å². The summed E-state index contributed by atoms with van der Waals surface area (Å²) in [6.07, 6.45) is 4.39. The van der Waals surface area contributed by atoms with Gasteiger partial charge in [-0.05, 0) is 25.2 Å². The Morgan fingerprint density at radius 1 is 1.12 bits per heavy atom. The highest BCUT2D eigenvalue weighted by Crippen LogP contribution is 2.18. The molecule has 98 valence electrons. The van der Waals surface area contributed by atoms with E-state index in [4.69, 9.17) is 9.78 Å². The van der Waals surface area contributed by atoms with Crippen molar-refractivity contribution in [3.05, 3.63) is 0 Å². The molecule has 0 saturated carbocycles. The standard InChI is InChI=1S/C13H28O3/c1-5-7-8-12(6-2)13(14)16-15-10-9-11(3)4/h11-14H,5-10H2,1-4H3. The molecule has 0 aromatic heterocycles. The van der Waals surface area contributed by atoms with E-state index in [1.807, 2.05) is 0 Å². The SMILES string of the molecule is CCCCC(CC)C(O)OOCCC(C)C. The first-order valence-electron chi connectivity index (χ1n) is 6.58. The third-order valence-corrected chi connectivity index (χ3v) is 2.80. The van der Waals surface area contributed by atoms with E-state index in [0.717, 1.165) is 32.1 Å². The Morgan fingerprint density at radius 2 is 1.81 bits per heavy atom. The third kappa shape index (κ3) is 8.08. The van der Waals surface area contributed by atoms with Crippen molar-refractivity contribution in [3.63, 3.8) is 0 Å². The lowest BCUT2D eigenvalue weighted by Crippen LogP contribution is -2.23. The van der Waals surface area contributed by atoms with Crippen LogP contribution in [0.25, 0.3) is 0 Å². The lowest BCUT2D eigenvalue weighted by molar-refractivity contribution is -0.382. The largest absolute Gasteiger partial charge is 0.365 e. The number of rotatable bonds is 10. The fourth-order valence-electron chi connectivity index (χ4n) is 1.49. The van der Waals surface area contributed by atoms with Crippen molar-refractivity contribution in [1.29, 1.82) is 0 Å². The van der Waals surface area contributed by atoms with Crippen LogP contribution >= 0.6 is 0 Å². The minimum absolute atomic E-state index is 0.194. The topological polar surface area (TPSA) is 38.7 Å². The maximum atomic E-state index is 9.75. The van der Waals surface area contributed by atoms with E-state index in [2.05, 4.69) is 27.7 Å². The Labute approximate surface area is 100 Å². The average Bonchev–Trinajstić information content (AvgIpc) is 2.25. The first kappa shape index (κ1) is 15.9. The Bertz CT molecular complexity index is 148. The molecule has 3 nitrogen and oxygen atoms in total. The number of aliphatic hydroxyl groups is 1. The molecule has 0 aromatic carbocycles. The second kappa shape index (κ2) is 10.1. The van der Waals surface area contributed by atoms with E-state index in [-0.39, 0.29) is 5.92 Å². The molecule has 2 unspecified atom stereocenters. The molecule has 0 fully saturated rings. The van der Waals surface area contributed by atoms with E-state index >= 15 is 0 Å². The first-order valence-corrected chi connectivity index (χ1v) is 6.58. The van der Waals surface area contributed by atoms with Gasteiger partial charge in [0.15, 0.2) is 6.29 Å². The normalized spacial score (nSPS) is 15.4. The van der Waals surface area contributed by atoms with Gasteiger partial charge in [-0.15, -0.1) is 0 Å². The fraction of sp³-hybridized carbons (Fsp3) is 1.00. The van der Waals surface area contributed by atoms with Gasteiger partial charge in [0.1, 0.15) is 0 Å². The van der Waals surface area contributed by atoms with E-state index in [9.17, 15) is 5.11 Å². The van der Waals surface area contributed by atoms with Crippen LogP contribution in [0.5, 0.6) is 0 Å². The van der Waals surface area contributed by atoms with Gasteiger partial charge >= 0.3 is 0 Å². The molecule has 3 heteroatoms. The molecule has 16 heavy (non-hydrogen) atoms. The maximum absolute atomic E-state index is 9.75. The fourth-order valence-corrected chi connectivity index (χ4v) is 1.49. The average molecular weight is 232 g/mol. The monoisotopic (exact) mass is 232 g/mol. The van der Waals surface area contributed by atoms with Crippen LogP contribution in [0.3, 0.4) is 0 Å². The summed E-state index contributed by atoms with van der Waals surface area (Å²) in [6, 6.07) is 0. The van der Waals surface area contributed by atoms with Crippen molar-refractivity contribution in [2.45, 2.75) is 66.1 Å². The van der Waals surface area contributed by atoms with Crippen molar-refractivity contribution in [1.82, 2.24) is 0 Å².